The lowest BCUT2D eigenvalue weighted by Crippen LogP contribution is -2.30. The van der Waals surface area contributed by atoms with Gasteiger partial charge in [0.15, 0.2) is 6.10 Å². The largest absolute Gasteiger partial charge is 0.462 e. The van der Waals surface area contributed by atoms with E-state index in [2.05, 4.69) is 81.5 Å². The van der Waals surface area contributed by atoms with Crippen LogP contribution in [0.15, 0.2) is 60.8 Å². The topological polar surface area (TPSA) is 78.9 Å². The third kappa shape index (κ3) is 53.9. The minimum Gasteiger partial charge on any atom is -0.462 e. The van der Waals surface area contributed by atoms with Crippen LogP contribution in [0, 0.1) is 0 Å². The molecular weight excluding hydrogens is 829 g/mol. The van der Waals surface area contributed by atoms with Gasteiger partial charge in [-0.2, -0.15) is 0 Å². The zero-order chi connectivity index (χ0) is 48.6. The van der Waals surface area contributed by atoms with Crippen molar-refractivity contribution in [3.63, 3.8) is 0 Å². The molecule has 0 saturated carbocycles. The second-order valence-electron chi connectivity index (χ2n) is 19.2. The average Bonchev–Trinajstić information content (AvgIpc) is 3.33. The summed E-state index contributed by atoms with van der Waals surface area (Å²) >= 11 is 0. The fourth-order valence-electron chi connectivity index (χ4n) is 8.24. The number of esters is 3. The highest BCUT2D eigenvalue weighted by atomic mass is 16.6. The highest BCUT2D eigenvalue weighted by molar-refractivity contribution is 5.71. The normalized spacial score (nSPS) is 12.5. The molecule has 6 nitrogen and oxygen atoms in total. The van der Waals surface area contributed by atoms with E-state index in [0.717, 1.165) is 89.9 Å². The third-order valence-corrected chi connectivity index (χ3v) is 12.5. The molecule has 1 atom stereocenters. The van der Waals surface area contributed by atoms with E-state index >= 15 is 0 Å². The van der Waals surface area contributed by atoms with Gasteiger partial charge in [-0.3, -0.25) is 14.4 Å². The molecule has 0 saturated heterocycles. The maximum atomic E-state index is 12.8. The van der Waals surface area contributed by atoms with Crippen molar-refractivity contribution in [2.75, 3.05) is 13.2 Å². The monoisotopic (exact) mass is 937 g/mol. The summed E-state index contributed by atoms with van der Waals surface area (Å²) in [6.45, 7) is 6.51. The zero-order valence-electron chi connectivity index (χ0n) is 44.4. The molecule has 0 aliphatic carbocycles. The summed E-state index contributed by atoms with van der Waals surface area (Å²) in [6, 6.07) is 0. The van der Waals surface area contributed by atoms with Crippen molar-refractivity contribution < 1.29 is 28.6 Å². The maximum Gasteiger partial charge on any atom is 0.306 e. The first-order chi connectivity index (χ1) is 33.0. The summed E-state index contributed by atoms with van der Waals surface area (Å²) in [5.41, 5.74) is 0. The van der Waals surface area contributed by atoms with Crippen LogP contribution in [0.2, 0.25) is 0 Å². The number of unbranched alkanes of at least 4 members (excludes halogenated alkanes) is 31. The Balaban J connectivity index is 4.08. The minimum atomic E-state index is -0.767. The summed E-state index contributed by atoms with van der Waals surface area (Å²) in [7, 11) is 0. The van der Waals surface area contributed by atoms with Gasteiger partial charge in [0.25, 0.3) is 0 Å². The molecule has 0 radical (unpaired) electrons. The van der Waals surface area contributed by atoms with Crippen LogP contribution in [-0.4, -0.2) is 37.2 Å². The molecule has 1 unspecified atom stereocenters. The molecule has 0 aromatic carbocycles. The molecule has 0 aliphatic rings. The van der Waals surface area contributed by atoms with Crippen molar-refractivity contribution >= 4 is 17.9 Å². The van der Waals surface area contributed by atoms with Crippen molar-refractivity contribution in [1.29, 1.82) is 0 Å². The predicted molar refractivity (Wildman–Crippen MR) is 288 cm³/mol. The molecule has 0 spiro atoms. The van der Waals surface area contributed by atoms with Crippen LogP contribution in [0.1, 0.15) is 290 Å². The second kappa shape index (κ2) is 55.7. The van der Waals surface area contributed by atoms with Crippen LogP contribution in [0.3, 0.4) is 0 Å². The van der Waals surface area contributed by atoms with E-state index in [1.807, 2.05) is 0 Å². The molecule has 0 rings (SSSR count). The first-order valence-corrected chi connectivity index (χ1v) is 28.8. The lowest BCUT2D eigenvalue weighted by molar-refractivity contribution is -0.167. The summed E-state index contributed by atoms with van der Waals surface area (Å²) in [4.78, 5) is 37.9. The van der Waals surface area contributed by atoms with Crippen molar-refractivity contribution in [1.82, 2.24) is 0 Å². The van der Waals surface area contributed by atoms with E-state index in [0.29, 0.717) is 19.3 Å². The number of allylic oxidation sites excluding steroid dienone is 10. The van der Waals surface area contributed by atoms with E-state index in [9.17, 15) is 14.4 Å². The predicted octanol–water partition coefficient (Wildman–Crippen LogP) is 19.2. The number of rotatable bonds is 52. The highest BCUT2D eigenvalue weighted by Crippen LogP contribution is 2.16. The molecular formula is C61H108O6. The van der Waals surface area contributed by atoms with Gasteiger partial charge in [0.05, 0.1) is 0 Å². The van der Waals surface area contributed by atoms with Gasteiger partial charge >= 0.3 is 17.9 Å². The Bertz CT molecular complexity index is 1210. The fourth-order valence-corrected chi connectivity index (χ4v) is 8.24. The summed E-state index contributed by atoms with van der Waals surface area (Å²) in [5, 5.41) is 0. The van der Waals surface area contributed by atoms with Gasteiger partial charge < -0.3 is 14.2 Å². The van der Waals surface area contributed by atoms with Gasteiger partial charge in [-0.15, -0.1) is 0 Å². The molecule has 67 heavy (non-hydrogen) atoms. The van der Waals surface area contributed by atoms with Crippen LogP contribution in [0.25, 0.3) is 0 Å². The van der Waals surface area contributed by atoms with E-state index in [1.165, 1.54) is 161 Å². The third-order valence-electron chi connectivity index (χ3n) is 12.5. The molecule has 0 heterocycles. The summed E-state index contributed by atoms with van der Waals surface area (Å²) in [5.74, 6) is -0.865. The number of ether oxygens (including phenoxy) is 3. The van der Waals surface area contributed by atoms with Gasteiger partial charge in [-0.25, -0.2) is 0 Å². The van der Waals surface area contributed by atoms with E-state index in [-0.39, 0.29) is 31.1 Å². The smallest absolute Gasteiger partial charge is 0.306 e. The van der Waals surface area contributed by atoms with Crippen LogP contribution in [0.4, 0.5) is 0 Å². The van der Waals surface area contributed by atoms with Crippen molar-refractivity contribution in [2.45, 2.75) is 297 Å². The SMILES string of the molecule is CC/C=C\C/C=C\C/C=C\C/C=C\C/C=C\CCCCCCCCCCCCCCCC(=O)OCC(COC(=O)CCCCCCCCCC)OC(=O)CCCCCCCCCCCCCC. The Morgan fingerprint density at radius 3 is 0.910 bits per heavy atom. The van der Waals surface area contributed by atoms with Crippen LogP contribution >= 0.6 is 0 Å². The van der Waals surface area contributed by atoms with E-state index in [1.54, 1.807) is 0 Å². The second-order valence-corrected chi connectivity index (χ2v) is 19.2. The molecule has 0 aromatic rings. The number of carbonyl (C=O) groups is 3. The van der Waals surface area contributed by atoms with E-state index in [4.69, 9.17) is 14.2 Å². The number of carbonyl (C=O) groups excluding carboxylic acids is 3. The summed E-state index contributed by atoms with van der Waals surface area (Å²) in [6.07, 6.45) is 69.5. The molecule has 0 N–H and O–H groups in total. The molecule has 388 valence electrons. The first-order valence-electron chi connectivity index (χ1n) is 28.8. The molecule has 0 amide bonds. The van der Waals surface area contributed by atoms with Crippen LogP contribution in [0.5, 0.6) is 0 Å². The Labute approximate surface area is 415 Å². The molecule has 0 bridgehead atoms. The average molecular weight is 938 g/mol. The molecule has 6 heteroatoms. The lowest BCUT2D eigenvalue weighted by Gasteiger charge is -2.18. The Hall–Kier alpha value is -2.89. The van der Waals surface area contributed by atoms with Gasteiger partial charge in [-0.05, 0) is 64.2 Å². The lowest BCUT2D eigenvalue weighted by atomic mass is 10.0. The van der Waals surface area contributed by atoms with Crippen molar-refractivity contribution in [3.8, 4) is 0 Å². The minimum absolute atomic E-state index is 0.0697. The van der Waals surface area contributed by atoms with Gasteiger partial charge in [0.2, 0.25) is 0 Å². The Kier molecular flexibility index (Phi) is 53.3. The van der Waals surface area contributed by atoms with Crippen molar-refractivity contribution in [2.24, 2.45) is 0 Å². The molecule has 0 aromatic heterocycles. The quantitative estimate of drug-likeness (QED) is 0.0262. The number of hydrogen-bond acceptors (Lipinski definition) is 6. The highest BCUT2D eigenvalue weighted by Gasteiger charge is 2.19. The van der Waals surface area contributed by atoms with Gasteiger partial charge in [0, 0.05) is 19.3 Å². The Morgan fingerprint density at radius 1 is 0.313 bits per heavy atom. The fraction of sp³-hybridized carbons (Fsp3) is 0.787. The van der Waals surface area contributed by atoms with Gasteiger partial charge in [-0.1, -0.05) is 268 Å². The van der Waals surface area contributed by atoms with Gasteiger partial charge in [0.1, 0.15) is 13.2 Å². The summed E-state index contributed by atoms with van der Waals surface area (Å²) < 4.78 is 16.8. The standard InChI is InChI=1S/C61H108O6/c1-4-7-10-13-16-19-21-23-24-25-26-27-28-29-30-31-32-33-34-35-36-37-38-39-41-42-45-48-51-54-60(63)66-57-58(56-65-59(62)53-50-47-44-18-15-12-9-6-3)67-61(64)55-52-49-46-43-40-22-20-17-14-11-8-5-2/h7,10,16,19,23-24,26-27,29-30,58H,4-6,8-9,11-15,17-18,20-22,25,28,31-57H2,1-3H3/b10-7-,19-16-,24-23-,27-26-,30-29-. The van der Waals surface area contributed by atoms with E-state index < -0.39 is 6.10 Å². The number of hydrogen-bond donors (Lipinski definition) is 0. The molecule has 0 aliphatic heterocycles. The van der Waals surface area contributed by atoms with Crippen LogP contribution < -0.4 is 0 Å². The zero-order valence-corrected chi connectivity index (χ0v) is 44.4. The first kappa shape index (κ1) is 64.1. The Morgan fingerprint density at radius 2 is 0.582 bits per heavy atom. The molecule has 0 fully saturated rings. The van der Waals surface area contributed by atoms with Crippen molar-refractivity contribution in [3.05, 3.63) is 60.8 Å². The maximum absolute atomic E-state index is 12.8. The van der Waals surface area contributed by atoms with Crippen LogP contribution in [-0.2, 0) is 28.6 Å².